The maximum Gasteiger partial charge on any atom is 0.171 e. The average molecular weight is 240 g/mol. The molecule has 0 aliphatic rings. The van der Waals surface area contributed by atoms with Crippen molar-refractivity contribution in [2.24, 2.45) is 0 Å². The van der Waals surface area contributed by atoms with Gasteiger partial charge in [0.2, 0.25) is 0 Å². The zero-order valence-electron chi connectivity index (χ0n) is 8.99. The molecule has 0 amide bonds. The molecular formula is C11H16N2S2. The fraction of sp³-hybridized carbons (Fsp3) is 0.364. The monoisotopic (exact) mass is 240 g/mol. The van der Waals surface area contributed by atoms with E-state index in [0.717, 1.165) is 11.4 Å². The molecule has 0 spiro atoms. The molecule has 0 fully saturated rings. The van der Waals surface area contributed by atoms with Gasteiger partial charge in [0.1, 0.15) is 0 Å². The molecule has 82 valence electrons. The van der Waals surface area contributed by atoms with Crippen molar-refractivity contribution in [2.75, 3.05) is 17.3 Å². The number of rotatable bonds is 4. The van der Waals surface area contributed by atoms with Crippen LogP contribution in [0.25, 0.3) is 0 Å². The summed E-state index contributed by atoms with van der Waals surface area (Å²) in [6.45, 7) is 2.12. The molecule has 1 aromatic rings. The average Bonchev–Trinajstić information content (AvgIpc) is 2.19. The molecule has 0 heterocycles. The standard InChI is InChI=1S/C11H16N2S2/c1-9(8-15-2)12-11(14)13-10-6-4-3-5-7-10/h3-7,9H,8H2,1-2H3,(H2,12,13,14). The second kappa shape index (κ2) is 6.69. The van der Waals surface area contributed by atoms with E-state index in [0.29, 0.717) is 11.2 Å². The van der Waals surface area contributed by atoms with Gasteiger partial charge in [0.05, 0.1) is 0 Å². The lowest BCUT2D eigenvalue weighted by atomic mass is 10.3. The van der Waals surface area contributed by atoms with Crippen LogP contribution in [0.15, 0.2) is 30.3 Å². The number of thiocarbonyl (C=S) groups is 1. The molecule has 1 unspecified atom stereocenters. The number of nitrogens with one attached hydrogen (secondary N) is 2. The minimum Gasteiger partial charge on any atom is -0.359 e. The Morgan fingerprint density at radius 2 is 2.07 bits per heavy atom. The number of thioether (sulfide) groups is 1. The maximum atomic E-state index is 5.19. The highest BCUT2D eigenvalue weighted by Gasteiger charge is 2.02. The van der Waals surface area contributed by atoms with E-state index in [4.69, 9.17) is 12.2 Å². The van der Waals surface area contributed by atoms with Crippen LogP contribution in [0.3, 0.4) is 0 Å². The van der Waals surface area contributed by atoms with Crippen LogP contribution in [-0.4, -0.2) is 23.2 Å². The van der Waals surface area contributed by atoms with Crippen LogP contribution in [0.2, 0.25) is 0 Å². The summed E-state index contributed by atoms with van der Waals surface area (Å²) < 4.78 is 0. The molecule has 0 radical (unpaired) electrons. The van der Waals surface area contributed by atoms with Gasteiger partial charge in [-0.15, -0.1) is 0 Å². The third-order valence-electron chi connectivity index (χ3n) is 1.83. The fourth-order valence-corrected chi connectivity index (χ4v) is 2.11. The van der Waals surface area contributed by atoms with Crippen LogP contribution in [0.5, 0.6) is 0 Å². The third-order valence-corrected chi connectivity index (χ3v) is 2.88. The van der Waals surface area contributed by atoms with Gasteiger partial charge in [-0.3, -0.25) is 0 Å². The predicted molar refractivity (Wildman–Crippen MR) is 73.6 cm³/mol. The van der Waals surface area contributed by atoms with Crippen molar-refractivity contribution >= 4 is 34.8 Å². The molecule has 4 heteroatoms. The first kappa shape index (κ1) is 12.3. The highest BCUT2D eigenvalue weighted by Crippen LogP contribution is 2.05. The first-order chi connectivity index (χ1) is 7.22. The quantitative estimate of drug-likeness (QED) is 0.790. The Hall–Kier alpha value is -0.740. The van der Waals surface area contributed by atoms with Gasteiger partial charge in [-0.05, 0) is 37.5 Å². The van der Waals surface area contributed by atoms with Gasteiger partial charge in [0.25, 0.3) is 0 Å². The summed E-state index contributed by atoms with van der Waals surface area (Å²) in [6, 6.07) is 10.3. The predicted octanol–water partition coefficient (Wildman–Crippen LogP) is 2.72. The highest BCUT2D eigenvalue weighted by molar-refractivity contribution is 7.98. The first-order valence-electron chi connectivity index (χ1n) is 4.84. The summed E-state index contributed by atoms with van der Waals surface area (Å²) in [4.78, 5) is 0. The molecule has 0 saturated carbocycles. The molecule has 1 rings (SSSR count). The van der Waals surface area contributed by atoms with E-state index in [-0.39, 0.29) is 0 Å². The van der Waals surface area contributed by atoms with E-state index in [2.05, 4.69) is 23.8 Å². The fourth-order valence-electron chi connectivity index (χ4n) is 1.20. The summed E-state index contributed by atoms with van der Waals surface area (Å²) in [6.07, 6.45) is 2.09. The molecule has 0 aromatic heterocycles. The smallest absolute Gasteiger partial charge is 0.171 e. The van der Waals surface area contributed by atoms with Crippen LogP contribution in [-0.2, 0) is 0 Å². The van der Waals surface area contributed by atoms with Gasteiger partial charge < -0.3 is 10.6 Å². The number of hydrogen-bond acceptors (Lipinski definition) is 2. The van der Waals surface area contributed by atoms with Crippen molar-refractivity contribution in [3.05, 3.63) is 30.3 Å². The van der Waals surface area contributed by atoms with Gasteiger partial charge in [-0.25, -0.2) is 0 Å². The number of benzene rings is 1. The number of hydrogen-bond donors (Lipinski definition) is 2. The zero-order valence-corrected chi connectivity index (χ0v) is 10.6. The molecule has 0 bridgehead atoms. The molecule has 0 saturated heterocycles. The molecule has 2 N–H and O–H groups in total. The van der Waals surface area contributed by atoms with Crippen LogP contribution in [0.4, 0.5) is 5.69 Å². The Bertz CT molecular complexity index is 301. The Morgan fingerprint density at radius 3 is 2.67 bits per heavy atom. The highest BCUT2D eigenvalue weighted by atomic mass is 32.2. The molecular weight excluding hydrogens is 224 g/mol. The summed E-state index contributed by atoms with van der Waals surface area (Å²) in [7, 11) is 0. The second-order valence-electron chi connectivity index (χ2n) is 3.32. The minimum absolute atomic E-state index is 0.392. The van der Waals surface area contributed by atoms with Crippen LogP contribution in [0.1, 0.15) is 6.92 Å². The first-order valence-corrected chi connectivity index (χ1v) is 6.64. The lowest BCUT2D eigenvalue weighted by Gasteiger charge is -2.15. The Morgan fingerprint density at radius 1 is 1.40 bits per heavy atom. The minimum atomic E-state index is 0.392. The Kier molecular flexibility index (Phi) is 5.50. The summed E-state index contributed by atoms with van der Waals surface area (Å²) in [5.41, 5.74) is 1.02. The van der Waals surface area contributed by atoms with Gasteiger partial charge in [-0.1, -0.05) is 18.2 Å². The molecule has 15 heavy (non-hydrogen) atoms. The van der Waals surface area contributed by atoms with Gasteiger partial charge in [-0.2, -0.15) is 11.8 Å². The van der Waals surface area contributed by atoms with Crippen molar-refractivity contribution in [1.82, 2.24) is 5.32 Å². The van der Waals surface area contributed by atoms with E-state index >= 15 is 0 Å². The van der Waals surface area contributed by atoms with Gasteiger partial charge in [0, 0.05) is 17.5 Å². The molecule has 2 nitrogen and oxygen atoms in total. The van der Waals surface area contributed by atoms with Crippen LogP contribution < -0.4 is 10.6 Å². The SMILES string of the molecule is CSCC(C)NC(=S)Nc1ccccc1. The molecule has 0 aliphatic heterocycles. The Labute approximate surface area is 101 Å². The normalized spacial score (nSPS) is 11.9. The van der Waals surface area contributed by atoms with E-state index in [1.165, 1.54) is 0 Å². The van der Waals surface area contributed by atoms with Crippen LogP contribution in [0, 0.1) is 0 Å². The molecule has 1 aromatic carbocycles. The second-order valence-corrected chi connectivity index (χ2v) is 4.64. The van der Waals surface area contributed by atoms with E-state index in [9.17, 15) is 0 Å². The summed E-state index contributed by atoms with van der Waals surface area (Å²) in [5, 5.41) is 7.05. The van der Waals surface area contributed by atoms with Crippen molar-refractivity contribution in [3.63, 3.8) is 0 Å². The zero-order chi connectivity index (χ0) is 11.1. The third kappa shape index (κ3) is 5.04. The number of anilines is 1. The maximum absolute atomic E-state index is 5.19. The Balaban J connectivity index is 2.36. The molecule has 0 aliphatic carbocycles. The van der Waals surface area contributed by atoms with Crippen molar-refractivity contribution < 1.29 is 0 Å². The summed E-state index contributed by atoms with van der Waals surface area (Å²) in [5.74, 6) is 1.05. The number of para-hydroxylation sites is 1. The molecule has 1 atom stereocenters. The van der Waals surface area contributed by atoms with Gasteiger partial charge >= 0.3 is 0 Å². The summed E-state index contributed by atoms with van der Waals surface area (Å²) >= 11 is 7.00. The van der Waals surface area contributed by atoms with Gasteiger partial charge in [0.15, 0.2) is 5.11 Å². The van der Waals surface area contributed by atoms with E-state index in [1.807, 2.05) is 42.1 Å². The van der Waals surface area contributed by atoms with Crippen molar-refractivity contribution in [2.45, 2.75) is 13.0 Å². The van der Waals surface area contributed by atoms with E-state index in [1.54, 1.807) is 0 Å². The van der Waals surface area contributed by atoms with E-state index < -0.39 is 0 Å². The topological polar surface area (TPSA) is 24.1 Å². The lowest BCUT2D eigenvalue weighted by molar-refractivity contribution is 0.751. The van der Waals surface area contributed by atoms with Crippen molar-refractivity contribution in [1.29, 1.82) is 0 Å². The largest absolute Gasteiger partial charge is 0.359 e. The van der Waals surface area contributed by atoms with Crippen LogP contribution >= 0.6 is 24.0 Å². The van der Waals surface area contributed by atoms with Crippen molar-refractivity contribution in [3.8, 4) is 0 Å². The lowest BCUT2D eigenvalue weighted by Crippen LogP contribution is -2.37.